The van der Waals surface area contributed by atoms with Crippen molar-refractivity contribution >= 4 is 11.6 Å². The van der Waals surface area contributed by atoms with Gasteiger partial charge < -0.3 is 10.5 Å². The van der Waals surface area contributed by atoms with Gasteiger partial charge in [-0.1, -0.05) is 17.7 Å². The molecule has 0 aliphatic rings. The molecular weight excluding hydrogens is 267 g/mol. The molecule has 0 saturated heterocycles. The zero-order valence-electron chi connectivity index (χ0n) is 10.4. The summed E-state index contributed by atoms with van der Waals surface area (Å²) >= 11 is 5.92. The maximum absolute atomic E-state index is 13.0. The third-order valence-electron chi connectivity index (χ3n) is 2.49. The van der Waals surface area contributed by atoms with Crippen LogP contribution in [-0.2, 0) is 6.42 Å². The first-order valence-electron chi connectivity index (χ1n) is 5.88. The minimum atomic E-state index is -0.408. The first-order valence-corrected chi connectivity index (χ1v) is 6.26. The largest absolute Gasteiger partial charge is 0.437 e. The van der Waals surface area contributed by atoms with Crippen molar-refractivity contribution in [1.29, 1.82) is 0 Å². The van der Waals surface area contributed by atoms with Gasteiger partial charge >= 0.3 is 0 Å². The highest BCUT2D eigenvalue weighted by molar-refractivity contribution is 6.32. The maximum Gasteiger partial charge on any atom is 0.222 e. The molecule has 1 heterocycles. The Hall–Kier alpha value is -1.65. The van der Waals surface area contributed by atoms with Crippen LogP contribution in [0.1, 0.15) is 12.5 Å². The Kier molecular flexibility index (Phi) is 4.35. The van der Waals surface area contributed by atoms with E-state index < -0.39 is 5.82 Å². The van der Waals surface area contributed by atoms with Crippen molar-refractivity contribution in [3.63, 3.8) is 0 Å². The van der Waals surface area contributed by atoms with E-state index in [1.807, 2.05) is 19.1 Å². The SMILES string of the molecule is CC(N)Cc1cccnc1Oc1ccc(F)cc1Cl. The van der Waals surface area contributed by atoms with E-state index in [1.165, 1.54) is 18.2 Å². The van der Waals surface area contributed by atoms with Crippen LogP contribution in [0.15, 0.2) is 36.5 Å². The number of nitrogens with two attached hydrogens (primary N) is 1. The number of halogens is 2. The summed E-state index contributed by atoms with van der Waals surface area (Å²) in [5, 5.41) is 0.206. The van der Waals surface area contributed by atoms with Crippen molar-refractivity contribution in [2.75, 3.05) is 0 Å². The van der Waals surface area contributed by atoms with Crippen molar-refractivity contribution in [3.8, 4) is 11.6 Å². The molecule has 19 heavy (non-hydrogen) atoms. The van der Waals surface area contributed by atoms with Gasteiger partial charge in [-0.05, 0) is 37.6 Å². The molecule has 0 bridgehead atoms. The number of hydrogen-bond acceptors (Lipinski definition) is 3. The second kappa shape index (κ2) is 5.99. The van der Waals surface area contributed by atoms with E-state index >= 15 is 0 Å². The van der Waals surface area contributed by atoms with Crippen LogP contribution in [0.4, 0.5) is 4.39 Å². The first kappa shape index (κ1) is 13.8. The summed E-state index contributed by atoms with van der Waals surface area (Å²) in [6.45, 7) is 1.90. The normalized spacial score (nSPS) is 12.2. The molecule has 5 heteroatoms. The summed E-state index contributed by atoms with van der Waals surface area (Å²) < 4.78 is 18.6. The smallest absolute Gasteiger partial charge is 0.222 e. The number of aromatic nitrogens is 1. The molecule has 100 valence electrons. The van der Waals surface area contributed by atoms with E-state index in [4.69, 9.17) is 22.1 Å². The fourth-order valence-corrected chi connectivity index (χ4v) is 1.89. The number of rotatable bonds is 4. The molecule has 0 aliphatic heterocycles. The number of nitrogens with zero attached hydrogens (tertiary/aromatic N) is 1. The molecule has 3 nitrogen and oxygen atoms in total. The zero-order valence-corrected chi connectivity index (χ0v) is 11.2. The van der Waals surface area contributed by atoms with Gasteiger partial charge in [0.2, 0.25) is 5.88 Å². The zero-order chi connectivity index (χ0) is 13.8. The minimum absolute atomic E-state index is 0.00441. The molecule has 2 N–H and O–H groups in total. The van der Waals surface area contributed by atoms with Gasteiger partial charge in [-0.3, -0.25) is 0 Å². The standard InChI is InChI=1S/C14H14ClFN2O/c1-9(17)7-10-3-2-6-18-14(10)19-13-5-4-11(16)8-12(13)15/h2-6,8-9H,7,17H2,1H3. The predicted molar refractivity (Wildman–Crippen MR) is 73.1 cm³/mol. The molecule has 0 radical (unpaired) electrons. The Morgan fingerprint density at radius 3 is 2.89 bits per heavy atom. The van der Waals surface area contributed by atoms with Gasteiger partial charge in [-0.15, -0.1) is 0 Å². The average Bonchev–Trinajstić information content (AvgIpc) is 2.34. The number of benzene rings is 1. The lowest BCUT2D eigenvalue weighted by molar-refractivity contribution is 0.452. The summed E-state index contributed by atoms with van der Waals surface area (Å²) in [5.74, 6) is 0.398. The molecule has 1 aromatic heterocycles. The molecule has 1 unspecified atom stereocenters. The summed E-state index contributed by atoms with van der Waals surface area (Å²) in [4.78, 5) is 4.16. The Morgan fingerprint density at radius 1 is 1.42 bits per heavy atom. The molecule has 1 atom stereocenters. The lowest BCUT2D eigenvalue weighted by Gasteiger charge is -2.12. The monoisotopic (exact) mass is 280 g/mol. The van der Waals surface area contributed by atoms with Crippen LogP contribution >= 0.6 is 11.6 Å². The minimum Gasteiger partial charge on any atom is -0.437 e. The van der Waals surface area contributed by atoms with Crippen molar-refractivity contribution in [3.05, 3.63) is 52.9 Å². The van der Waals surface area contributed by atoms with E-state index in [-0.39, 0.29) is 11.1 Å². The quantitative estimate of drug-likeness (QED) is 0.931. The van der Waals surface area contributed by atoms with Gasteiger partial charge in [0.15, 0.2) is 0 Å². The highest BCUT2D eigenvalue weighted by Gasteiger charge is 2.10. The van der Waals surface area contributed by atoms with Gasteiger partial charge in [0.05, 0.1) is 5.02 Å². The van der Waals surface area contributed by atoms with Gasteiger partial charge in [0.25, 0.3) is 0 Å². The topological polar surface area (TPSA) is 48.1 Å². The first-order chi connectivity index (χ1) is 9.06. The predicted octanol–water partition coefficient (Wildman–Crippen LogP) is 3.56. The van der Waals surface area contributed by atoms with Gasteiger partial charge in [0, 0.05) is 17.8 Å². The molecular formula is C14H14ClFN2O. The fraction of sp³-hybridized carbons (Fsp3) is 0.214. The van der Waals surface area contributed by atoms with Crippen LogP contribution in [-0.4, -0.2) is 11.0 Å². The Labute approximate surface area is 116 Å². The van der Waals surface area contributed by atoms with Crippen molar-refractivity contribution in [1.82, 2.24) is 4.98 Å². The van der Waals surface area contributed by atoms with Crippen LogP contribution in [0, 0.1) is 5.82 Å². The Morgan fingerprint density at radius 2 is 2.21 bits per heavy atom. The molecule has 0 aliphatic carbocycles. The molecule has 0 saturated carbocycles. The Bertz CT molecular complexity index is 575. The molecule has 2 rings (SSSR count). The third-order valence-corrected chi connectivity index (χ3v) is 2.79. The molecule has 0 fully saturated rings. The number of hydrogen-bond donors (Lipinski definition) is 1. The highest BCUT2D eigenvalue weighted by Crippen LogP contribution is 2.30. The van der Waals surface area contributed by atoms with Gasteiger partial charge in [-0.2, -0.15) is 0 Å². The van der Waals surface area contributed by atoms with E-state index in [0.29, 0.717) is 18.1 Å². The van der Waals surface area contributed by atoms with Crippen molar-refractivity contribution < 1.29 is 9.13 Å². The van der Waals surface area contributed by atoms with E-state index in [2.05, 4.69) is 4.98 Å². The second-order valence-corrected chi connectivity index (χ2v) is 4.73. The van der Waals surface area contributed by atoms with Crippen molar-refractivity contribution in [2.45, 2.75) is 19.4 Å². The molecule has 0 amide bonds. The maximum atomic E-state index is 13.0. The van der Waals surface area contributed by atoms with Gasteiger partial charge in [-0.25, -0.2) is 9.37 Å². The van der Waals surface area contributed by atoms with Crippen molar-refractivity contribution in [2.24, 2.45) is 5.73 Å². The highest BCUT2D eigenvalue weighted by atomic mass is 35.5. The van der Waals surface area contributed by atoms with Crippen LogP contribution in [0.25, 0.3) is 0 Å². The van der Waals surface area contributed by atoms with Crippen LogP contribution in [0.5, 0.6) is 11.6 Å². The summed E-state index contributed by atoms with van der Waals surface area (Å²) in [6, 6.07) is 7.66. The second-order valence-electron chi connectivity index (χ2n) is 4.33. The van der Waals surface area contributed by atoms with Crippen LogP contribution in [0.3, 0.4) is 0 Å². The molecule has 0 spiro atoms. The molecule has 1 aromatic carbocycles. The number of ether oxygens (including phenoxy) is 1. The summed E-state index contributed by atoms with van der Waals surface area (Å²) in [7, 11) is 0. The molecule has 2 aromatic rings. The van der Waals surface area contributed by atoms with Crippen LogP contribution < -0.4 is 10.5 Å². The van der Waals surface area contributed by atoms with E-state index in [0.717, 1.165) is 5.56 Å². The average molecular weight is 281 g/mol. The van der Waals surface area contributed by atoms with Crippen LogP contribution in [0.2, 0.25) is 5.02 Å². The summed E-state index contributed by atoms with van der Waals surface area (Å²) in [5.41, 5.74) is 6.66. The summed E-state index contributed by atoms with van der Waals surface area (Å²) in [6.07, 6.45) is 2.26. The lowest BCUT2D eigenvalue weighted by Crippen LogP contribution is -2.18. The van der Waals surface area contributed by atoms with E-state index in [1.54, 1.807) is 6.20 Å². The van der Waals surface area contributed by atoms with Gasteiger partial charge in [0.1, 0.15) is 11.6 Å². The third kappa shape index (κ3) is 3.66. The lowest BCUT2D eigenvalue weighted by atomic mass is 10.1. The fourth-order valence-electron chi connectivity index (χ4n) is 1.68. The Balaban J connectivity index is 2.27. The number of pyridine rings is 1. The van der Waals surface area contributed by atoms with E-state index in [9.17, 15) is 4.39 Å².